The van der Waals surface area contributed by atoms with Crippen LogP contribution in [0.4, 0.5) is 0 Å². The summed E-state index contributed by atoms with van der Waals surface area (Å²) in [5.41, 5.74) is 0. The minimum Gasteiger partial charge on any atom is -0.376 e. The van der Waals surface area contributed by atoms with Gasteiger partial charge in [-0.1, -0.05) is 6.07 Å². The molecule has 0 amide bonds. The highest BCUT2D eigenvalue weighted by Gasteiger charge is 2.22. The lowest BCUT2D eigenvalue weighted by Gasteiger charge is -2.14. The van der Waals surface area contributed by atoms with E-state index in [0.717, 1.165) is 56.3 Å². The molecule has 0 saturated carbocycles. The zero-order valence-electron chi connectivity index (χ0n) is 13.2. The number of thiophene rings is 1. The predicted molar refractivity (Wildman–Crippen MR) is 94.1 cm³/mol. The molecule has 2 aliphatic heterocycles. The number of hydrogen-bond acceptors (Lipinski definition) is 5. The molecule has 4 heterocycles. The van der Waals surface area contributed by atoms with Gasteiger partial charge in [0, 0.05) is 6.61 Å². The first-order valence-corrected chi connectivity index (χ1v) is 9.65. The SMILES string of the molecule is S=c1n(CN2CCCC2)nc(-c2cccs2)n1C[C@@H]1CCCO1. The van der Waals surface area contributed by atoms with Crippen molar-refractivity contribution in [3.05, 3.63) is 22.3 Å². The summed E-state index contributed by atoms with van der Waals surface area (Å²) in [5.74, 6) is 0.986. The van der Waals surface area contributed by atoms with Crippen molar-refractivity contribution in [2.24, 2.45) is 0 Å². The maximum Gasteiger partial charge on any atom is 0.199 e. The van der Waals surface area contributed by atoms with E-state index in [2.05, 4.69) is 27.0 Å². The van der Waals surface area contributed by atoms with E-state index in [4.69, 9.17) is 22.1 Å². The fraction of sp³-hybridized carbons (Fsp3) is 0.625. The molecule has 2 aromatic heterocycles. The monoisotopic (exact) mass is 350 g/mol. The fourth-order valence-corrected chi connectivity index (χ4v) is 4.37. The predicted octanol–water partition coefficient (Wildman–Crippen LogP) is 3.37. The molecular formula is C16H22N4OS2. The summed E-state index contributed by atoms with van der Waals surface area (Å²) in [4.78, 5) is 3.60. The molecule has 2 fully saturated rings. The summed E-state index contributed by atoms with van der Waals surface area (Å²) < 4.78 is 10.8. The van der Waals surface area contributed by atoms with Crippen LogP contribution in [-0.2, 0) is 18.0 Å². The van der Waals surface area contributed by atoms with E-state index < -0.39 is 0 Å². The van der Waals surface area contributed by atoms with Crippen LogP contribution < -0.4 is 0 Å². The van der Waals surface area contributed by atoms with Crippen LogP contribution in [0, 0.1) is 4.77 Å². The van der Waals surface area contributed by atoms with E-state index in [0.29, 0.717) is 0 Å². The Balaban J connectivity index is 1.66. The van der Waals surface area contributed by atoms with Crippen molar-refractivity contribution in [3.8, 4) is 10.7 Å². The van der Waals surface area contributed by atoms with Crippen LogP contribution in [0.1, 0.15) is 25.7 Å². The van der Waals surface area contributed by atoms with Crippen LogP contribution >= 0.6 is 23.6 Å². The van der Waals surface area contributed by atoms with Crippen molar-refractivity contribution in [3.63, 3.8) is 0 Å². The number of hydrogen-bond donors (Lipinski definition) is 0. The Morgan fingerprint density at radius 1 is 1.30 bits per heavy atom. The fourth-order valence-electron chi connectivity index (χ4n) is 3.39. The molecular weight excluding hydrogens is 328 g/mol. The largest absolute Gasteiger partial charge is 0.376 e. The molecule has 0 aromatic carbocycles. The molecule has 0 radical (unpaired) electrons. The van der Waals surface area contributed by atoms with Crippen molar-refractivity contribution >= 4 is 23.6 Å². The van der Waals surface area contributed by atoms with Gasteiger partial charge in [0.2, 0.25) is 0 Å². The summed E-state index contributed by atoms with van der Waals surface area (Å²) in [6.07, 6.45) is 5.09. The third-order valence-electron chi connectivity index (χ3n) is 4.61. The molecule has 1 atom stereocenters. The summed E-state index contributed by atoms with van der Waals surface area (Å²) >= 11 is 7.46. The van der Waals surface area contributed by atoms with Crippen molar-refractivity contribution in [1.82, 2.24) is 19.2 Å². The lowest BCUT2D eigenvalue weighted by atomic mass is 10.2. The first-order chi connectivity index (χ1) is 11.3. The number of ether oxygens (including phenoxy) is 1. The Morgan fingerprint density at radius 2 is 2.17 bits per heavy atom. The standard InChI is InChI=1S/C16H22N4OS2/c22-16-19(11-13-5-3-9-21-13)15(14-6-4-10-23-14)17-20(16)12-18-7-1-2-8-18/h4,6,10,13H,1-3,5,7-9,11-12H2/t13-/m0/s1. The number of nitrogens with zero attached hydrogens (tertiary/aromatic N) is 4. The van der Waals surface area contributed by atoms with E-state index in [1.54, 1.807) is 11.3 Å². The van der Waals surface area contributed by atoms with Crippen LogP contribution in [0.5, 0.6) is 0 Å². The summed E-state index contributed by atoms with van der Waals surface area (Å²) in [7, 11) is 0. The van der Waals surface area contributed by atoms with Crippen LogP contribution in [0.15, 0.2) is 17.5 Å². The summed E-state index contributed by atoms with van der Waals surface area (Å²) in [6, 6.07) is 4.19. The van der Waals surface area contributed by atoms with Crippen LogP contribution in [-0.4, -0.2) is 45.0 Å². The Bertz CT molecular complexity index is 694. The van der Waals surface area contributed by atoms with E-state index in [-0.39, 0.29) is 6.10 Å². The number of aromatic nitrogens is 3. The van der Waals surface area contributed by atoms with Crippen molar-refractivity contribution in [1.29, 1.82) is 0 Å². The minimum atomic E-state index is 0.268. The highest BCUT2D eigenvalue weighted by molar-refractivity contribution is 7.71. The Labute approximate surface area is 145 Å². The van der Waals surface area contributed by atoms with Gasteiger partial charge < -0.3 is 4.74 Å². The molecule has 0 unspecified atom stereocenters. The van der Waals surface area contributed by atoms with Gasteiger partial charge in [-0.3, -0.25) is 9.47 Å². The molecule has 5 nitrogen and oxygen atoms in total. The molecule has 0 N–H and O–H groups in total. The van der Waals surface area contributed by atoms with Gasteiger partial charge in [-0.2, -0.15) is 0 Å². The van der Waals surface area contributed by atoms with Gasteiger partial charge in [0.05, 0.1) is 24.2 Å². The molecule has 124 valence electrons. The molecule has 0 bridgehead atoms. The number of rotatable bonds is 5. The van der Waals surface area contributed by atoms with Gasteiger partial charge in [0.15, 0.2) is 10.6 Å². The van der Waals surface area contributed by atoms with Gasteiger partial charge >= 0.3 is 0 Å². The average molecular weight is 351 g/mol. The molecule has 23 heavy (non-hydrogen) atoms. The molecule has 7 heteroatoms. The normalized spacial score (nSPS) is 22.2. The third kappa shape index (κ3) is 3.28. The zero-order valence-corrected chi connectivity index (χ0v) is 14.8. The molecule has 2 aromatic rings. The highest BCUT2D eigenvalue weighted by Crippen LogP contribution is 2.26. The molecule has 4 rings (SSSR count). The van der Waals surface area contributed by atoms with Crippen molar-refractivity contribution < 1.29 is 4.74 Å². The second-order valence-electron chi connectivity index (χ2n) is 6.30. The maximum atomic E-state index is 5.82. The van der Waals surface area contributed by atoms with Gasteiger partial charge in [0.25, 0.3) is 0 Å². The molecule has 2 aliphatic rings. The van der Waals surface area contributed by atoms with Gasteiger partial charge in [-0.25, -0.2) is 4.68 Å². The first-order valence-electron chi connectivity index (χ1n) is 8.37. The topological polar surface area (TPSA) is 35.2 Å². The maximum absolute atomic E-state index is 5.82. The minimum absolute atomic E-state index is 0.268. The highest BCUT2D eigenvalue weighted by atomic mass is 32.1. The van der Waals surface area contributed by atoms with Crippen LogP contribution in [0.3, 0.4) is 0 Å². The zero-order chi connectivity index (χ0) is 15.6. The van der Waals surface area contributed by atoms with Crippen molar-refractivity contribution in [2.75, 3.05) is 19.7 Å². The van der Waals surface area contributed by atoms with Crippen molar-refractivity contribution in [2.45, 2.75) is 45.0 Å². The third-order valence-corrected chi connectivity index (χ3v) is 5.90. The molecule has 0 spiro atoms. The first kappa shape index (κ1) is 15.5. The van der Waals surface area contributed by atoms with Gasteiger partial charge in [0.1, 0.15) is 0 Å². The Kier molecular flexibility index (Phi) is 4.61. The lowest BCUT2D eigenvalue weighted by molar-refractivity contribution is 0.0967. The van der Waals surface area contributed by atoms with E-state index in [1.807, 2.05) is 4.68 Å². The van der Waals surface area contributed by atoms with E-state index in [9.17, 15) is 0 Å². The molecule has 0 aliphatic carbocycles. The Hall–Kier alpha value is -1.02. The average Bonchev–Trinajstić information content (AvgIpc) is 3.33. The Morgan fingerprint density at radius 3 is 2.87 bits per heavy atom. The van der Waals surface area contributed by atoms with Gasteiger partial charge in [-0.05, 0) is 62.4 Å². The van der Waals surface area contributed by atoms with E-state index in [1.165, 1.54) is 17.7 Å². The van der Waals surface area contributed by atoms with Crippen LogP contribution in [0.2, 0.25) is 0 Å². The summed E-state index contributed by atoms with van der Waals surface area (Å²) in [6.45, 7) is 4.78. The second kappa shape index (κ2) is 6.84. The lowest BCUT2D eigenvalue weighted by Crippen LogP contribution is -2.24. The second-order valence-corrected chi connectivity index (χ2v) is 7.61. The molecule has 2 saturated heterocycles. The smallest absolute Gasteiger partial charge is 0.199 e. The van der Waals surface area contributed by atoms with Gasteiger partial charge in [-0.15, -0.1) is 16.4 Å². The number of likely N-dealkylation sites (tertiary alicyclic amines) is 1. The van der Waals surface area contributed by atoms with Crippen LogP contribution in [0.25, 0.3) is 10.7 Å². The summed E-state index contributed by atoms with van der Waals surface area (Å²) in [5, 5.41) is 6.94. The van der Waals surface area contributed by atoms with E-state index >= 15 is 0 Å². The quantitative estimate of drug-likeness (QED) is 0.775.